The van der Waals surface area contributed by atoms with E-state index in [-0.39, 0.29) is 10.9 Å². The monoisotopic (exact) mass is 566 g/mol. The Morgan fingerprint density at radius 2 is 0.857 bits per heavy atom. The molecular weight excluding hydrogens is 539 g/mol. The van der Waals surface area contributed by atoms with Crippen LogP contribution in [-0.2, 0) is 14.4 Å². The summed E-state index contributed by atoms with van der Waals surface area (Å²) in [6.07, 6.45) is 0. The van der Waals surface area contributed by atoms with Crippen LogP contribution in [0.4, 0.5) is 11.4 Å². The lowest BCUT2D eigenvalue weighted by Crippen LogP contribution is -2.27. The fraction of sp³-hybridized carbons (Fsp3) is 0. The zero-order valence-electron chi connectivity index (χ0n) is 22.6. The summed E-state index contributed by atoms with van der Waals surface area (Å²) in [5.41, 5.74) is 1.63. The number of benzene rings is 5. The lowest BCUT2D eigenvalue weighted by Gasteiger charge is -2.30. The third-order valence-corrected chi connectivity index (χ3v) is 11.6. The van der Waals surface area contributed by atoms with Crippen molar-refractivity contribution >= 4 is 51.8 Å². The van der Waals surface area contributed by atoms with Crippen molar-refractivity contribution < 1.29 is 14.4 Å². The molecule has 0 radical (unpaired) electrons. The topological polar surface area (TPSA) is 75.3 Å². The molecule has 0 aromatic heterocycles. The van der Waals surface area contributed by atoms with Crippen molar-refractivity contribution in [2.24, 2.45) is 0 Å². The number of carbonyl (C=O) groups excluding carboxylic acids is 3. The van der Waals surface area contributed by atoms with Crippen LogP contribution in [0.15, 0.2) is 163 Å². The Morgan fingerprint density at radius 1 is 0.476 bits per heavy atom. The van der Waals surface area contributed by atoms with Crippen LogP contribution in [0.5, 0.6) is 0 Å². The van der Waals surface area contributed by atoms with Crippen molar-refractivity contribution in [3.63, 3.8) is 0 Å². The third kappa shape index (κ3) is 4.81. The second kappa shape index (κ2) is 11.7. The number of hydrogen-bond donors (Lipinski definition) is 2. The molecular formula is C36H27N2O3P. The summed E-state index contributed by atoms with van der Waals surface area (Å²) >= 11 is 0. The van der Waals surface area contributed by atoms with Crippen LogP contribution in [0.25, 0.3) is 0 Å². The molecule has 1 aliphatic heterocycles. The smallest absolute Gasteiger partial charge is 0.260 e. The fourth-order valence-corrected chi connectivity index (χ4v) is 10.1. The van der Waals surface area contributed by atoms with E-state index < -0.39 is 24.5 Å². The standard InChI is InChI=1S/C36H27N2O3P/c39-32-31(35(40)37-27-18-8-2-9-19-27)34(36(41)38-28-20-10-3-11-21-28)42(29-22-12-4-13-23-29,30-24-14-5-15-25-30)33(32)26-16-6-1-7-17-26/h1-25H,(H,37,40)(H,38,41). The molecule has 5 aromatic rings. The van der Waals surface area contributed by atoms with Gasteiger partial charge >= 0.3 is 0 Å². The highest BCUT2D eigenvalue weighted by Crippen LogP contribution is 2.61. The highest BCUT2D eigenvalue weighted by atomic mass is 31.2. The molecule has 1 heterocycles. The van der Waals surface area contributed by atoms with Gasteiger partial charge in [0.25, 0.3) is 11.8 Å². The van der Waals surface area contributed by atoms with Crippen LogP contribution in [0.3, 0.4) is 0 Å². The van der Waals surface area contributed by atoms with Crippen LogP contribution in [-0.4, -0.2) is 22.9 Å². The number of hydrogen-bond acceptors (Lipinski definition) is 3. The van der Waals surface area contributed by atoms with E-state index >= 15 is 0 Å². The molecule has 0 aliphatic carbocycles. The van der Waals surface area contributed by atoms with E-state index in [1.54, 1.807) is 36.4 Å². The molecule has 42 heavy (non-hydrogen) atoms. The summed E-state index contributed by atoms with van der Waals surface area (Å²) in [6, 6.07) is 46.6. The summed E-state index contributed by atoms with van der Waals surface area (Å²) in [4.78, 5) is 43.5. The van der Waals surface area contributed by atoms with Crippen LogP contribution in [0.2, 0.25) is 0 Å². The van der Waals surface area contributed by atoms with Crippen LogP contribution in [0.1, 0.15) is 5.56 Å². The number of amides is 2. The molecule has 0 unspecified atom stereocenters. The summed E-state index contributed by atoms with van der Waals surface area (Å²) < 4.78 is 0. The van der Waals surface area contributed by atoms with Gasteiger partial charge in [-0.3, -0.25) is 14.4 Å². The molecule has 0 bridgehead atoms. The van der Waals surface area contributed by atoms with Crippen molar-refractivity contribution in [3.8, 4) is 0 Å². The zero-order chi connectivity index (χ0) is 28.9. The average molecular weight is 567 g/mol. The number of carbonyl (C=O) groups is 3. The molecule has 5 aromatic carbocycles. The summed E-state index contributed by atoms with van der Waals surface area (Å²) in [5, 5.41) is 8.14. The molecule has 0 fully saturated rings. The number of anilines is 2. The molecule has 0 atom stereocenters. The fourth-order valence-electron chi connectivity index (χ4n) is 5.45. The predicted molar refractivity (Wildman–Crippen MR) is 172 cm³/mol. The summed E-state index contributed by atoms with van der Waals surface area (Å²) in [6.45, 7) is -3.18. The number of Topliss-reactive ketones (excluding diaryl/α,β-unsaturated/α-hetero) is 1. The van der Waals surface area contributed by atoms with Gasteiger partial charge in [0.15, 0.2) is 0 Å². The Balaban J connectivity index is 1.72. The first-order valence-electron chi connectivity index (χ1n) is 13.6. The van der Waals surface area contributed by atoms with Gasteiger partial charge in [-0.25, -0.2) is 0 Å². The van der Waals surface area contributed by atoms with Gasteiger partial charge in [-0.2, -0.15) is 0 Å². The molecule has 5 nitrogen and oxygen atoms in total. The Kier molecular flexibility index (Phi) is 7.50. The Hall–Kier alpha value is -5.25. The summed E-state index contributed by atoms with van der Waals surface area (Å²) in [7, 11) is 0. The molecule has 0 saturated heterocycles. The molecule has 204 valence electrons. The number of rotatable bonds is 7. The number of para-hydroxylation sites is 2. The number of ketones is 1. The van der Waals surface area contributed by atoms with Crippen molar-refractivity contribution in [3.05, 3.63) is 168 Å². The Morgan fingerprint density at radius 3 is 1.31 bits per heavy atom. The van der Waals surface area contributed by atoms with E-state index in [0.717, 1.165) is 10.6 Å². The highest BCUT2D eigenvalue weighted by molar-refractivity contribution is 7.96. The van der Waals surface area contributed by atoms with E-state index in [1.165, 1.54) is 0 Å². The Labute approximate surface area is 244 Å². The molecule has 0 saturated carbocycles. The average Bonchev–Trinajstić information content (AvgIpc) is 3.33. The molecule has 6 rings (SSSR count). The van der Waals surface area contributed by atoms with Gasteiger partial charge in [-0.05, 0) is 47.3 Å². The highest BCUT2D eigenvalue weighted by Gasteiger charge is 2.49. The normalized spacial score (nSPS) is 14.0. The van der Waals surface area contributed by atoms with Gasteiger partial charge in [0.1, 0.15) is 5.57 Å². The third-order valence-electron chi connectivity index (χ3n) is 7.19. The first kappa shape index (κ1) is 26.9. The van der Waals surface area contributed by atoms with E-state index in [4.69, 9.17) is 0 Å². The van der Waals surface area contributed by atoms with Crippen LogP contribution in [0, 0.1) is 0 Å². The van der Waals surface area contributed by atoms with Gasteiger partial charge < -0.3 is 10.6 Å². The molecule has 2 N–H and O–H groups in total. The predicted octanol–water partition coefficient (Wildman–Crippen LogP) is 5.99. The minimum Gasteiger partial charge on any atom is -0.322 e. The maximum Gasteiger partial charge on any atom is 0.260 e. The van der Waals surface area contributed by atoms with Gasteiger partial charge in [0.2, 0.25) is 5.78 Å². The molecule has 6 heteroatoms. The van der Waals surface area contributed by atoms with Gasteiger partial charge in [-0.15, -0.1) is 0 Å². The van der Waals surface area contributed by atoms with Gasteiger partial charge in [0, 0.05) is 16.7 Å². The van der Waals surface area contributed by atoms with Crippen molar-refractivity contribution in [1.29, 1.82) is 0 Å². The first-order valence-corrected chi connectivity index (χ1v) is 15.3. The quantitative estimate of drug-likeness (QED) is 0.188. The minimum atomic E-state index is -3.18. The largest absolute Gasteiger partial charge is 0.322 e. The van der Waals surface area contributed by atoms with Crippen molar-refractivity contribution in [2.75, 3.05) is 10.6 Å². The van der Waals surface area contributed by atoms with E-state index in [9.17, 15) is 14.4 Å². The van der Waals surface area contributed by atoms with E-state index in [2.05, 4.69) is 10.6 Å². The lowest BCUT2D eigenvalue weighted by molar-refractivity contribution is -0.118. The van der Waals surface area contributed by atoms with E-state index in [0.29, 0.717) is 22.2 Å². The zero-order valence-corrected chi connectivity index (χ0v) is 23.5. The first-order chi connectivity index (χ1) is 20.6. The Bertz CT molecular complexity index is 1810. The van der Waals surface area contributed by atoms with Gasteiger partial charge in [-0.1, -0.05) is 127 Å². The molecule has 1 aliphatic rings. The molecule has 2 amide bonds. The van der Waals surface area contributed by atoms with Gasteiger partial charge in [0.05, 0.1) is 5.31 Å². The molecule has 0 spiro atoms. The minimum absolute atomic E-state index is 0.146. The van der Waals surface area contributed by atoms with Crippen LogP contribution >= 0.6 is 6.89 Å². The summed E-state index contributed by atoms with van der Waals surface area (Å²) in [5.74, 6) is -1.56. The lowest BCUT2D eigenvalue weighted by atomic mass is 10.0. The van der Waals surface area contributed by atoms with E-state index in [1.807, 2.05) is 115 Å². The van der Waals surface area contributed by atoms with Crippen LogP contribution < -0.4 is 21.2 Å². The maximum atomic E-state index is 14.8. The SMILES string of the molecule is O=C(Nc1ccccc1)C1=C(C(=O)Nc2ccccc2)P(c2ccccc2)(c2ccccc2)=C(c2ccccc2)C1=O. The number of nitrogens with one attached hydrogen (secondary N) is 2. The second-order valence-electron chi connectivity index (χ2n) is 9.75. The second-order valence-corrected chi connectivity index (χ2v) is 13.0. The van der Waals surface area contributed by atoms with Crippen molar-refractivity contribution in [2.45, 2.75) is 0 Å². The van der Waals surface area contributed by atoms with Crippen molar-refractivity contribution in [1.82, 2.24) is 0 Å². The maximum absolute atomic E-state index is 14.8.